The van der Waals surface area contributed by atoms with Crippen LogP contribution in [0.4, 0.5) is 0 Å². The smallest absolute Gasteiger partial charge is 0.249 e. The first-order valence-electron chi connectivity index (χ1n) is 8.79. The van der Waals surface area contributed by atoms with Crippen molar-refractivity contribution < 1.29 is 9.21 Å². The average Bonchev–Trinajstić information content (AvgIpc) is 2.99. The van der Waals surface area contributed by atoms with Gasteiger partial charge in [-0.1, -0.05) is 59.6 Å². The van der Waals surface area contributed by atoms with Gasteiger partial charge in [0.1, 0.15) is 11.3 Å². The molecule has 140 valence electrons. The molecule has 0 radical (unpaired) electrons. The maximum atomic E-state index is 11.8. The summed E-state index contributed by atoms with van der Waals surface area (Å²) in [5.41, 5.74) is 10.4. The summed E-state index contributed by atoms with van der Waals surface area (Å²) >= 11 is 12.3. The Kier molecular flexibility index (Phi) is 4.88. The zero-order chi connectivity index (χ0) is 19.8. The van der Waals surface area contributed by atoms with Crippen molar-refractivity contribution in [3.05, 3.63) is 93.2 Å². The molecule has 0 fully saturated rings. The van der Waals surface area contributed by atoms with Gasteiger partial charge in [-0.3, -0.25) is 4.79 Å². The number of hydrogen-bond acceptors (Lipinski definition) is 2. The van der Waals surface area contributed by atoms with Gasteiger partial charge in [-0.2, -0.15) is 0 Å². The lowest BCUT2D eigenvalue weighted by molar-refractivity contribution is 0.100. The second-order valence-electron chi connectivity index (χ2n) is 6.68. The Morgan fingerprint density at radius 3 is 2.57 bits per heavy atom. The van der Waals surface area contributed by atoms with Gasteiger partial charge in [-0.15, -0.1) is 0 Å². The molecule has 1 heterocycles. The Bertz CT molecular complexity index is 1210. The van der Waals surface area contributed by atoms with E-state index in [1.54, 1.807) is 18.2 Å². The molecule has 1 amide bonds. The van der Waals surface area contributed by atoms with Gasteiger partial charge < -0.3 is 10.2 Å². The van der Waals surface area contributed by atoms with E-state index in [0.29, 0.717) is 22.0 Å². The predicted octanol–water partition coefficient (Wildman–Crippen LogP) is 6.40. The highest BCUT2D eigenvalue weighted by molar-refractivity contribution is 6.35. The maximum absolute atomic E-state index is 11.8. The van der Waals surface area contributed by atoms with Crippen molar-refractivity contribution in [2.24, 2.45) is 5.73 Å². The van der Waals surface area contributed by atoms with Crippen LogP contribution >= 0.6 is 23.2 Å². The number of primary amides is 1. The number of halogens is 2. The standard InChI is InChI=1S/C23H17Cl2NO2/c1-13-17-9-7-14(18-4-2-3-5-19(18)23(26)27)10-22(17)28-21(13)11-15-6-8-16(24)12-20(15)25/h2-10,12H,11H2,1H3,(H2,26,27). The number of amides is 1. The first-order chi connectivity index (χ1) is 13.4. The van der Waals surface area contributed by atoms with Gasteiger partial charge in [-0.25, -0.2) is 0 Å². The molecule has 0 saturated carbocycles. The van der Waals surface area contributed by atoms with E-state index in [-0.39, 0.29) is 0 Å². The monoisotopic (exact) mass is 409 g/mol. The Labute approximate surface area is 172 Å². The molecule has 5 heteroatoms. The number of rotatable bonds is 4. The predicted molar refractivity (Wildman–Crippen MR) is 114 cm³/mol. The molecule has 3 aromatic carbocycles. The molecular weight excluding hydrogens is 393 g/mol. The third-order valence-electron chi connectivity index (χ3n) is 4.91. The molecule has 0 spiro atoms. The number of carbonyl (C=O) groups excluding carboxylic acids is 1. The van der Waals surface area contributed by atoms with Crippen LogP contribution in [0.25, 0.3) is 22.1 Å². The van der Waals surface area contributed by atoms with E-state index >= 15 is 0 Å². The van der Waals surface area contributed by atoms with Crippen molar-refractivity contribution in [2.45, 2.75) is 13.3 Å². The fourth-order valence-corrected chi connectivity index (χ4v) is 3.88. The summed E-state index contributed by atoms with van der Waals surface area (Å²) in [4.78, 5) is 11.8. The number of carbonyl (C=O) groups is 1. The molecule has 0 aliphatic heterocycles. The molecule has 0 saturated heterocycles. The van der Waals surface area contributed by atoms with E-state index < -0.39 is 5.91 Å². The highest BCUT2D eigenvalue weighted by Gasteiger charge is 2.15. The molecular formula is C23H17Cl2NO2. The van der Waals surface area contributed by atoms with Gasteiger partial charge >= 0.3 is 0 Å². The fourth-order valence-electron chi connectivity index (χ4n) is 3.40. The summed E-state index contributed by atoms with van der Waals surface area (Å²) in [7, 11) is 0. The average molecular weight is 410 g/mol. The quantitative estimate of drug-likeness (QED) is 0.423. The summed E-state index contributed by atoms with van der Waals surface area (Å²) in [6, 6.07) is 18.7. The van der Waals surface area contributed by atoms with Crippen molar-refractivity contribution in [3.63, 3.8) is 0 Å². The molecule has 3 nitrogen and oxygen atoms in total. The van der Waals surface area contributed by atoms with Crippen molar-refractivity contribution in [1.29, 1.82) is 0 Å². The van der Waals surface area contributed by atoms with Gasteiger partial charge in [0.15, 0.2) is 0 Å². The summed E-state index contributed by atoms with van der Waals surface area (Å²) in [6.45, 7) is 2.03. The lowest BCUT2D eigenvalue weighted by Gasteiger charge is -2.06. The number of hydrogen-bond donors (Lipinski definition) is 1. The number of nitrogens with two attached hydrogens (primary N) is 1. The second kappa shape index (κ2) is 7.34. The molecule has 0 aliphatic carbocycles. The largest absolute Gasteiger partial charge is 0.460 e. The molecule has 4 rings (SSSR count). The minimum atomic E-state index is -0.454. The van der Waals surface area contributed by atoms with Crippen molar-refractivity contribution >= 4 is 40.1 Å². The number of fused-ring (bicyclic) bond motifs is 1. The van der Waals surface area contributed by atoms with Crippen LogP contribution in [0.2, 0.25) is 10.0 Å². The van der Waals surface area contributed by atoms with Crippen LogP contribution < -0.4 is 5.73 Å². The lowest BCUT2D eigenvalue weighted by atomic mass is 9.98. The Morgan fingerprint density at radius 1 is 1.04 bits per heavy atom. The zero-order valence-electron chi connectivity index (χ0n) is 15.1. The summed E-state index contributed by atoms with van der Waals surface area (Å²) < 4.78 is 6.14. The topological polar surface area (TPSA) is 56.2 Å². The van der Waals surface area contributed by atoms with Crippen LogP contribution in [0.5, 0.6) is 0 Å². The molecule has 0 aliphatic rings. The first kappa shape index (κ1) is 18.6. The molecule has 1 aromatic heterocycles. The zero-order valence-corrected chi connectivity index (χ0v) is 16.6. The summed E-state index contributed by atoms with van der Waals surface area (Å²) in [5, 5.41) is 2.25. The third-order valence-corrected chi connectivity index (χ3v) is 5.49. The summed E-state index contributed by atoms with van der Waals surface area (Å²) in [5.74, 6) is 0.393. The number of benzene rings is 3. The van der Waals surface area contributed by atoms with E-state index in [4.69, 9.17) is 33.4 Å². The van der Waals surface area contributed by atoms with E-state index in [2.05, 4.69) is 0 Å². The van der Waals surface area contributed by atoms with Gasteiger partial charge in [0, 0.05) is 27.4 Å². The van der Waals surface area contributed by atoms with Crippen LogP contribution in [-0.2, 0) is 6.42 Å². The molecule has 0 bridgehead atoms. The van der Waals surface area contributed by atoms with Gasteiger partial charge in [0.05, 0.1) is 0 Å². The van der Waals surface area contributed by atoms with E-state index in [1.807, 2.05) is 49.4 Å². The highest BCUT2D eigenvalue weighted by Crippen LogP contribution is 2.33. The number of furan rings is 1. The van der Waals surface area contributed by atoms with Crippen LogP contribution in [0.1, 0.15) is 27.2 Å². The molecule has 0 atom stereocenters. The van der Waals surface area contributed by atoms with Crippen LogP contribution in [0.15, 0.2) is 65.1 Å². The molecule has 0 unspecified atom stereocenters. The molecule has 2 N–H and O–H groups in total. The second-order valence-corrected chi connectivity index (χ2v) is 7.53. The maximum Gasteiger partial charge on any atom is 0.249 e. The van der Waals surface area contributed by atoms with E-state index in [1.165, 1.54) is 0 Å². The van der Waals surface area contributed by atoms with Crippen LogP contribution in [0.3, 0.4) is 0 Å². The number of aryl methyl sites for hydroxylation is 1. The van der Waals surface area contributed by atoms with Crippen molar-refractivity contribution in [2.75, 3.05) is 0 Å². The minimum Gasteiger partial charge on any atom is -0.460 e. The van der Waals surface area contributed by atoms with Crippen molar-refractivity contribution in [3.8, 4) is 11.1 Å². The Balaban J connectivity index is 1.77. The van der Waals surface area contributed by atoms with E-state index in [0.717, 1.165) is 39.0 Å². The van der Waals surface area contributed by atoms with Gasteiger partial charge in [-0.05, 0) is 53.4 Å². The fraction of sp³-hybridized carbons (Fsp3) is 0.0870. The van der Waals surface area contributed by atoms with Crippen LogP contribution in [-0.4, -0.2) is 5.91 Å². The SMILES string of the molecule is Cc1c(Cc2ccc(Cl)cc2Cl)oc2cc(-c3ccccc3C(N)=O)ccc12. The normalized spacial score (nSPS) is 11.1. The van der Waals surface area contributed by atoms with Crippen LogP contribution in [0, 0.1) is 6.92 Å². The Hall–Kier alpha value is -2.75. The van der Waals surface area contributed by atoms with Crippen molar-refractivity contribution in [1.82, 2.24) is 0 Å². The van der Waals surface area contributed by atoms with Gasteiger partial charge in [0.2, 0.25) is 5.91 Å². The van der Waals surface area contributed by atoms with Gasteiger partial charge in [0.25, 0.3) is 0 Å². The first-order valence-corrected chi connectivity index (χ1v) is 9.55. The molecule has 28 heavy (non-hydrogen) atoms. The molecule has 4 aromatic rings. The van der Waals surface area contributed by atoms with E-state index in [9.17, 15) is 4.79 Å². The lowest BCUT2D eigenvalue weighted by Crippen LogP contribution is -2.12. The highest BCUT2D eigenvalue weighted by atomic mass is 35.5. The summed E-state index contributed by atoms with van der Waals surface area (Å²) in [6.07, 6.45) is 0.573. The Morgan fingerprint density at radius 2 is 1.82 bits per heavy atom. The third kappa shape index (κ3) is 3.39. The minimum absolute atomic E-state index is 0.454.